The molecule has 92 valence electrons. The zero-order valence-corrected chi connectivity index (χ0v) is 10.5. The molecular weight excluding hydrogens is 212 g/mol. The minimum absolute atomic E-state index is 0.105. The van der Waals surface area contributed by atoms with Crippen molar-refractivity contribution in [2.24, 2.45) is 5.73 Å². The Morgan fingerprint density at radius 3 is 3.00 bits per heavy atom. The van der Waals surface area contributed by atoms with Gasteiger partial charge in [-0.15, -0.1) is 0 Å². The summed E-state index contributed by atoms with van der Waals surface area (Å²) in [5, 5.41) is 7.48. The molecule has 0 aliphatic carbocycles. The highest BCUT2D eigenvalue weighted by molar-refractivity contribution is 5.95. The normalized spacial score (nSPS) is 24.0. The van der Waals surface area contributed by atoms with Gasteiger partial charge in [-0.05, 0) is 38.3 Å². The highest BCUT2D eigenvalue weighted by Crippen LogP contribution is 2.30. The van der Waals surface area contributed by atoms with Crippen LogP contribution in [-0.4, -0.2) is 22.9 Å². The van der Waals surface area contributed by atoms with Crippen LogP contribution in [0, 0.1) is 5.41 Å². The minimum Gasteiger partial charge on any atom is -0.384 e. The summed E-state index contributed by atoms with van der Waals surface area (Å²) in [6.45, 7) is 4.45. The summed E-state index contributed by atoms with van der Waals surface area (Å²) in [5.74, 6) is 1.06. The van der Waals surface area contributed by atoms with Gasteiger partial charge in [0.1, 0.15) is 11.7 Å². The molecule has 1 aliphatic heterocycles. The number of amidine groups is 1. The van der Waals surface area contributed by atoms with Crippen molar-refractivity contribution in [2.45, 2.75) is 45.2 Å². The number of aromatic nitrogens is 1. The van der Waals surface area contributed by atoms with Crippen LogP contribution >= 0.6 is 0 Å². The third-order valence-electron chi connectivity index (χ3n) is 3.58. The fraction of sp³-hybridized carbons (Fsp3) is 0.538. The van der Waals surface area contributed by atoms with Crippen LogP contribution in [-0.2, 0) is 0 Å². The zero-order chi connectivity index (χ0) is 12.4. The Balaban J connectivity index is 2.32. The summed E-state index contributed by atoms with van der Waals surface area (Å²) in [6.07, 6.45) is 5.31. The molecule has 1 aliphatic rings. The lowest BCUT2D eigenvalue weighted by Crippen LogP contribution is -2.35. The Hall–Kier alpha value is -1.58. The number of nitrogens with one attached hydrogen (secondary N) is 1. The van der Waals surface area contributed by atoms with Crippen LogP contribution in [0.5, 0.6) is 0 Å². The monoisotopic (exact) mass is 232 g/mol. The van der Waals surface area contributed by atoms with Gasteiger partial charge in [-0.2, -0.15) is 0 Å². The van der Waals surface area contributed by atoms with Crippen molar-refractivity contribution < 1.29 is 0 Å². The predicted molar refractivity (Wildman–Crippen MR) is 70.5 cm³/mol. The van der Waals surface area contributed by atoms with E-state index in [1.54, 1.807) is 12.3 Å². The molecule has 3 N–H and O–H groups in total. The Bertz CT molecular complexity index is 416. The smallest absolute Gasteiger partial charge is 0.129 e. The van der Waals surface area contributed by atoms with E-state index >= 15 is 0 Å². The number of nitrogen functional groups attached to an aromatic ring is 1. The first kappa shape index (κ1) is 11.9. The molecule has 4 heteroatoms. The van der Waals surface area contributed by atoms with E-state index in [1.807, 2.05) is 6.07 Å². The van der Waals surface area contributed by atoms with E-state index in [0.29, 0.717) is 12.1 Å². The molecule has 1 aromatic rings. The number of hydrogen-bond donors (Lipinski definition) is 2. The third-order valence-corrected chi connectivity index (χ3v) is 3.58. The first-order valence-corrected chi connectivity index (χ1v) is 6.22. The van der Waals surface area contributed by atoms with Crippen molar-refractivity contribution in [1.82, 2.24) is 4.98 Å². The summed E-state index contributed by atoms with van der Waals surface area (Å²) in [5.41, 5.74) is 6.27. The summed E-state index contributed by atoms with van der Waals surface area (Å²) < 4.78 is 0. The molecule has 0 amide bonds. The molecule has 0 radical (unpaired) electrons. The van der Waals surface area contributed by atoms with Gasteiger partial charge in [-0.25, -0.2) is 4.98 Å². The lowest BCUT2D eigenvalue weighted by Gasteiger charge is -2.29. The lowest BCUT2D eigenvalue weighted by molar-refractivity contribution is 0.621. The number of nitrogens with two attached hydrogens (primary N) is 1. The minimum atomic E-state index is 0.105. The van der Waals surface area contributed by atoms with E-state index in [2.05, 4.69) is 23.7 Å². The SMILES string of the molecule is CCC1CCC(C)N1c1cc(C(=N)N)ccn1. The van der Waals surface area contributed by atoms with Gasteiger partial charge in [0.15, 0.2) is 0 Å². The maximum atomic E-state index is 7.48. The van der Waals surface area contributed by atoms with Crippen molar-refractivity contribution in [2.75, 3.05) is 4.90 Å². The maximum absolute atomic E-state index is 7.48. The molecule has 2 heterocycles. The van der Waals surface area contributed by atoms with E-state index in [1.165, 1.54) is 12.8 Å². The van der Waals surface area contributed by atoms with Crippen LogP contribution in [0.25, 0.3) is 0 Å². The lowest BCUT2D eigenvalue weighted by atomic mass is 10.1. The van der Waals surface area contributed by atoms with Gasteiger partial charge < -0.3 is 10.6 Å². The third kappa shape index (κ3) is 2.25. The van der Waals surface area contributed by atoms with Crippen molar-refractivity contribution in [3.05, 3.63) is 23.9 Å². The topological polar surface area (TPSA) is 66.0 Å². The molecular formula is C13H20N4. The first-order chi connectivity index (χ1) is 8.13. The Kier molecular flexibility index (Phi) is 3.31. The number of rotatable bonds is 3. The van der Waals surface area contributed by atoms with Gasteiger partial charge in [0.2, 0.25) is 0 Å². The summed E-state index contributed by atoms with van der Waals surface area (Å²) >= 11 is 0. The van der Waals surface area contributed by atoms with Crippen LogP contribution in [0.3, 0.4) is 0 Å². The second kappa shape index (κ2) is 4.73. The fourth-order valence-electron chi connectivity index (χ4n) is 2.61. The molecule has 1 aromatic heterocycles. The standard InChI is InChI=1S/C13H20N4/c1-3-11-5-4-9(2)17(11)12-8-10(13(14)15)6-7-16-12/h6-9,11H,3-5H2,1-2H3,(H3,14,15). The number of anilines is 1. The largest absolute Gasteiger partial charge is 0.384 e. The highest BCUT2D eigenvalue weighted by atomic mass is 15.3. The van der Waals surface area contributed by atoms with E-state index < -0.39 is 0 Å². The highest BCUT2D eigenvalue weighted by Gasteiger charge is 2.30. The van der Waals surface area contributed by atoms with Gasteiger partial charge in [-0.3, -0.25) is 5.41 Å². The number of hydrogen-bond acceptors (Lipinski definition) is 3. The fourth-order valence-corrected chi connectivity index (χ4v) is 2.61. The molecule has 0 aromatic carbocycles. The first-order valence-electron chi connectivity index (χ1n) is 6.22. The molecule has 1 saturated heterocycles. The van der Waals surface area contributed by atoms with Crippen LogP contribution in [0.1, 0.15) is 38.7 Å². The van der Waals surface area contributed by atoms with Crippen LogP contribution in [0.15, 0.2) is 18.3 Å². The van der Waals surface area contributed by atoms with E-state index in [-0.39, 0.29) is 5.84 Å². The van der Waals surface area contributed by atoms with Gasteiger partial charge >= 0.3 is 0 Å². The number of nitrogens with zero attached hydrogens (tertiary/aromatic N) is 2. The molecule has 2 unspecified atom stereocenters. The Labute approximate surface area is 102 Å². The van der Waals surface area contributed by atoms with Crippen LogP contribution in [0.4, 0.5) is 5.82 Å². The van der Waals surface area contributed by atoms with Crippen molar-refractivity contribution in [3.8, 4) is 0 Å². The van der Waals surface area contributed by atoms with Gasteiger partial charge in [0, 0.05) is 23.8 Å². The van der Waals surface area contributed by atoms with E-state index in [9.17, 15) is 0 Å². The van der Waals surface area contributed by atoms with Crippen LogP contribution < -0.4 is 10.6 Å². The molecule has 0 bridgehead atoms. The predicted octanol–water partition coefficient (Wildman–Crippen LogP) is 2.13. The molecule has 2 atom stereocenters. The molecule has 2 rings (SSSR count). The van der Waals surface area contributed by atoms with E-state index in [4.69, 9.17) is 11.1 Å². The zero-order valence-electron chi connectivity index (χ0n) is 10.5. The average Bonchev–Trinajstić information content (AvgIpc) is 2.70. The molecule has 0 spiro atoms. The van der Waals surface area contributed by atoms with Gasteiger partial charge in [0.05, 0.1) is 0 Å². The second-order valence-corrected chi connectivity index (χ2v) is 4.71. The Morgan fingerprint density at radius 2 is 2.35 bits per heavy atom. The van der Waals surface area contributed by atoms with Gasteiger partial charge in [-0.1, -0.05) is 6.92 Å². The molecule has 1 fully saturated rings. The second-order valence-electron chi connectivity index (χ2n) is 4.71. The summed E-state index contributed by atoms with van der Waals surface area (Å²) in [4.78, 5) is 6.79. The molecule has 0 saturated carbocycles. The summed E-state index contributed by atoms with van der Waals surface area (Å²) in [6, 6.07) is 4.80. The summed E-state index contributed by atoms with van der Waals surface area (Å²) in [7, 11) is 0. The number of pyridine rings is 1. The van der Waals surface area contributed by atoms with Crippen molar-refractivity contribution in [3.63, 3.8) is 0 Å². The van der Waals surface area contributed by atoms with Crippen molar-refractivity contribution >= 4 is 11.7 Å². The van der Waals surface area contributed by atoms with Crippen molar-refractivity contribution in [1.29, 1.82) is 5.41 Å². The van der Waals surface area contributed by atoms with Gasteiger partial charge in [0.25, 0.3) is 0 Å². The average molecular weight is 232 g/mol. The van der Waals surface area contributed by atoms with E-state index in [0.717, 1.165) is 17.8 Å². The molecule has 17 heavy (non-hydrogen) atoms. The quantitative estimate of drug-likeness (QED) is 0.619. The Morgan fingerprint density at radius 1 is 1.59 bits per heavy atom. The van der Waals surface area contributed by atoms with Crippen LogP contribution in [0.2, 0.25) is 0 Å². The maximum Gasteiger partial charge on any atom is 0.129 e. The molecule has 4 nitrogen and oxygen atoms in total.